The van der Waals surface area contributed by atoms with Gasteiger partial charge in [0.15, 0.2) is 0 Å². The Hall–Kier alpha value is 1.04. The minimum atomic E-state index is -4.80. The zero-order chi connectivity index (χ0) is 9.71. The molecular weight excluding hydrogens is 226 g/mol. The molecule has 0 aliphatic heterocycles. The first-order chi connectivity index (χ1) is 4.56. The molecule has 0 amide bonds. The Morgan fingerprint density at radius 2 is 1.00 bits per heavy atom. The van der Waals surface area contributed by atoms with E-state index in [1.54, 1.807) is 0 Å². The smallest absolute Gasteiger partial charge is 1.00 e. The van der Waals surface area contributed by atoms with Crippen LogP contribution in [0.5, 0.6) is 0 Å². The van der Waals surface area contributed by atoms with Gasteiger partial charge < -0.3 is 35.0 Å². The minimum absolute atomic E-state index is 0. The summed E-state index contributed by atoms with van der Waals surface area (Å²) in [6.07, 6.45) is 0. The molecule has 0 aromatic rings. The van der Waals surface area contributed by atoms with Crippen LogP contribution in [0.4, 0.5) is 4.53 Å². The van der Waals surface area contributed by atoms with E-state index in [-0.39, 0.29) is 31.0 Å². The summed E-state index contributed by atoms with van der Waals surface area (Å²) >= 11 is 0. The fraction of sp³-hybridized carbons (Fsp3) is 0. The van der Waals surface area contributed by atoms with Crippen molar-refractivity contribution >= 4 is 18.1 Å². The van der Waals surface area contributed by atoms with Crippen molar-refractivity contribution in [2.45, 2.75) is 0 Å². The molecule has 0 aliphatic rings. The van der Waals surface area contributed by atoms with Gasteiger partial charge in [-0.15, -0.1) is 0 Å². The van der Waals surface area contributed by atoms with Crippen LogP contribution in [0.3, 0.4) is 0 Å². The Kier molecular flexibility index (Phi) is 11.6. The third-order valence-electron chi connectivity index (χ3n) is 0.104. The van der Waals surface area contributed by atoms with Gasteiger partial charge in [-0.25, -0.2) is 0 Å². The molecular formula is H8FNaO8Si2. The molecule has 0 aromatic heterocycles. The van der Waals surface area contributed by atoms with Crippen molar-refractivity contribution in [3.8, 4) is 0 Å². The zero-order valence-corrected chi connectivity index (χ0v) is 9.92. The van der Waals surface area contributed by atoms with Crippen LogP contribution in [-0.4, -0.2) is 51.7 Å². The van der Waals surface area contributed by atoms with Gasteiger partial charge in [0.05, 0.1) is 0 Å². The van der Waals surface area contributed by atoms with E-state index in [9.17, 15) is 4.53 Å². The first kappa shape index (κ1) is 18.8. The molecule has 12 heteroatoms. The molecule has 0 spiro atoms. The van der Waals surface area contributed by atoms with Crippen molar-refractivity contribution in [1.82, 2.24) is 0 Å². The Bertz CT molecular complexity index is 93.3. The maximum Gasteiger partial charge on any atom is 1.00 e. The topological polar surface area (TPSA) is 151 Å². The van der Waals surface area contributed by atoms with Gasteiger partial charge in [0.2, 0.25) is 0 Å². The van der Waals surface area contributed by atoms with Gasteiger partial charge >= 0.3 is 47.7 Å². The summed E-state index contributed by atoms with van der Waals surface area (Å²) in [4.78, 5) is 51.7. The number of halogens is 1. The van der Waals surface area contributed by atoms with Crippen LogP contribution in [0.2, 0.25) is 0 Å². The first-order valence-corrected chi connectivity index (χ1v) is 5.46. The molecule has 0 unspecified atom stereocenters. The third-order valence-corrected chi connectivity index (χ3v) is 0.311. The van der Waals surface area contributed by atoms with E-state index in [4.69, 9.17) is 33.6 Å². The maximum atomic E-state index is 10.3. The van der Waals surface area contributed by atoms with E-state index >= 15 is 0 Å². The van der Waals surface area contributed by atoms with Gasteiger partial charge in [0, 0.05) is 0 Å². The Morgan fingerprint density at radius 1 is 0.917 bits per heavy atom. The second-order valence-electron chi connectivity index (χ2n) is 1.25. The van der Waals surface area contributed by atoms with Crippen molar-refractivity contribution in [3.63, 3.8) is 0 Å². The second kappa shape index (κ2) is 7.45. The van der Waals surface area contributed by atoms with E-state index in [0.717, 1.165) is 0 Å². The molecule has 0 radical (unpaired) electrons. The summed E-state index contributed by atoms with van der Waals surface area (Å²) in [7, 11) is -9.41. The quantitative estimate of drug-likeness (QED) is 0.221. The van der Waals surface area contributed by atoms with Gasteiger partial charge in [0.25, 0.3) is 0 Å². The van der Waals surface area contributed by atoms with Gasteiger partial charge in [0.1, 0.15) is 0 Å². The van der Waals surface area contributed by atoms with Crippen molar-refractivity contribution in [3.05, 3.63) is 0 Å². The third kappa shape index (κ3) is 68.1. The summed E-state index contributed by atoms with van der Waals surface area (Å²) < 4.78 is 12.6. The van der Waals surface area contributed by atoms with E-state index in [0.29, 0.717) is 0 Å². The molecule has 0 aromatic carbocycles. The Labute approximate surface area is 91.8 Å². The Balaban J connectivity index is -0.0000000546. The molecule has 0 rings (SSSR count). The summed E-state index contributed by atoms with van der Waals surface area (Å²) in [5.41, 5.74) is 0. The number of rotatable bonds is 1. The summed E-state index contributed by atoms with van der Waals surface area (Å²) in [5.74, 6) is 0. The molecule has 8 nitrogen and oxygen atoms in total. The Morgan fingerprint density at radius 3 is 1.00 bits per heavy atom. The normalized spacial score (nSPS) is 11.0. The van der Waals surface area contributed by atoms with E-state index in [2.05, 4.69) is 4.63 Å². The first-order valence-electron chi connectivity index (χ1n) is 1.92. The molecule has 0 atom stereocenters. The average Bonchev–Trinajstić information content (AvgIpc) is 1.59. The van der Waals surface area contributed by atoms with E-state index in [1.807, 2.05) is 0 Å². The minimum Gasteiger partial charge on any atom is -1.00 e. The van der Waals surface area contributed by atoms with Gasteiger partial charge in [-0.3, -0.25) is 0 Å². The van der Waals surface area contributed by atoms with Crippen molar-refractivity contribution in [1.29, 1.82) is 0 Å². The summed E-state index contributed by atoms with van der Waals surface area (Å²) in [6, 6.07) is 0. The van der Waals surface area contributed by atoms with Gasteiger partial charge in [-0.05, 0) is 0 Å². The summed E-state index contributed by atoms with van der Waals surface area (Å²) in [6.45, 7) is 0. The van der Waals surface area contributed by atoms with E-state index < -0.39 is 18.1 Å². The number of hydrogen-bond acceptors (Lipinski definition) is 8. The number of hydrogen-bond donors (Lipinski definition) is 7. The van der Waals surface area contributed by atoms with Crippen LogP contribution in [0.1, 0.15) is 1.43 Å². The SMILES string of the molecule is O[Si](O)(O)O.O[Si](O)(O)OF.[H-].[Na+]. The largest absolute Gasteiger partial charge is 1.00 e. The monoisotopic (exact) mass is 234 g/mol. The molecule has 12 heavy (non-hydrogen) atoms. The van der Waals surface area contributed by atoms with Crippen LogP contribution < -0.4 is 29.6 Å². The predicted molar refractivity (Wildman–Crippen MR) is 30.3 cm³/mol. The molecule has 7 N–H and O–H groups in total. The maximum absolute atomic E-state index is 10.3. The summed E-state index contributed by atoms with van der Waals surface area (Å²) in [5, 5.41) is 0. The standard InChI is InChI=1S/FH3O4Si.Na.H4O4Si.H/c1-5-6(2,3)4;;1-5(2,3)4;/h2-4H;;1-4H;/q;+1;;-1. The van der Waals surface area contributed by atoms with Crippen LogP contribution in [0, 0.1) is 0 Å². The fourth-order valence-corrected chi connectivity index (χ4v) is 0. The van der Waals surface area contributed by atoms with Crippen molar-refractivity contribution in [2.24, 2.45) is 0 Å². The molecule has 72 valence electrons. The molecule has 0 saturated heterocycles. The molecule has 0 fully saturated rings. The second-order valence-corrected chi connectivity index (χ2v) is 3.75. The zero-order valence-electron chi connectivity index (χ0n) is 6.92. The fourth-order valence-electron chi connectivity index (χ4n) is 0. The van der Waals surface area contributed by atoms with Crippen molar-refractivity contribution in [2.75, 3.05) is 0 Å². The van der Waals surface area contributed by atoms with Gasteiger partial charge in [-0.2, -0.15) is 4.63 Å². The molecule has 0 heterocycles. The van der Waals surface area contributed by atoms with E-state index in [1.165, 1.54) is 0 Å². The van der Waals surface area contributed by atoms with Crippen LogP contribution in [0.25, 0.3) is 0 Å². The van der Waals surface area contributed by atoms with Crippen LogP contribution >= 0.6 is 0 Å². The van der Waals surface area contributed by atoms with Gasteiger partial charge in [-0.1, -0.05) is 4.53 Å². The predicted octanol–water partition coefficient (Wildman–Crippen LogP) is -7.19. The van der Waals surface area contributed by atoms with Crippen LogP contribution in [-0.2, 0) is 4.63 Å². The molecule has 0 aliphatic carbocycles. The molecule has 0 bridgehead atoms. The molecule has 0 saturated carbocycles. The average molecular weight is 234 g/mol. The van der Waals surface area contributed by atoms with Crippen LogP contribution in [0.15, 0.2) is 0 Å². The van der Waals surface area contributed by atoms with Crippen molar-refractivity contribution < 1.29 is 73.7 Å².